The molecule has 0 radical (unpaired) electrons. The fourth-order valence-electron chi connectivity index (χ4n) is 3.09. The van der Waals surface area contributed by atoms with Gasteiger partial charge in [-0.15, -0.1) is 0 Å². The maximum absolute atomic E-state index is 11.0. The zero-order valence-electron chi connectivity index (χ0n) is 19.7. The van der Waals surface area contributed by atoms with Crippen LogP contribution in [-0.2, 0) is 0 Å². The fourth-order valence-corrected chi connectivity index (χ4v) is 3.42. The molecule has 0 amide bonds. The fraction of sp³-hybridized carbons (Fsp3) is 0. The number of hydrogen-bond donors (Lipinski definition) is 3. The molecule has 3 aromatic carbocycles. The number of nitrogens with one attached hydrogen (secondary N) is 3. The summed E-state index contributed by atoms with van der Waals surface area (Å²) in [5, 5.41) is 33.9. The van der Waals surface area contributed by atoms with E-state index in [9.17, 15) is 20.2 Å². The molecule has 0 aliphatic heterocycles. The molecule has 0 spiro atoms. The molecular weight excluding hydrogens is 549 g/mol. The van der Waals surface area contributed by atoms with Crippen molar-refractivity contribution in [3.05, 3.63) is 114 Å². The lowest BCUT2D eigenvalue weighted by Gasteiger charge is -2.09. The van der Waals surface area contributed by atoms with Crippen LogP contribution in [0.4, 0.5) is 34.6 Å². The SMILES string of the molecule is O=[N+]([O-])c1ccc(Cl)c(C=NNc2cc(NN=Cc3cc([N+](=O)[O-])ccc3Cl)nc(Nc3ccccc3)n2)c1. The van der Waals surface area contributed by atoms with E-state index >= 15 is 0 Å². The molecule has 1 aromatic heterocycles. The number of non-ortho nitro benzene ring substituents is 2. The Labute approximate surface area is 230 Å². The average molecular weight is 566 g/mol. The minimum absolute atomic E-state index is 0.134. The van der Waals surface area contributed by atoms with Gasteiger partial charge >= 0.3 is 0 Å². The molecule has 4 aromatic rings. The number of aromatic nitrogens is 2. The summed E-state index contributed by atoms with van der Waals surface area (Å²) >= 11 is 12.2. The number of halogens is 2. The minimum atomic E-state index is -0.535. The van der Waals surface area contributed by atoms with Gasteiger partial charge in [-0.05, 0) is 24.3 Å². The van der Waals surface area contributed by atoms with E-state index in [0.29, 0.717) is 11.1 Å². The van der Waals surface area contributed by atoms with E-state index in [1.54, 1.807) is 0 Å². The molecule has 0 fully saturated rings. The molecule has 0 saturated heterocycles. The van der Waals surface area contributed by atoms with Crippen molar-refractivity contribution < 1.29 is 9.85 Å². The monoisotopic (exact) mass is 565 g/mol. The molecule has 3 N–H and O–H groups in total. The molecule has 0 atom stereocenters. The van der Waals surface area contributed by atoms with Crippen LogP contribution in [0.15, 0.2) is 83.0 Å². The zero-order chi connectivity index (χ0) is 27.8. The van der Waals surface area contributed by atoms with Gasteiger partial charge in [0.05, 0.1) is 22.3 Å². The van der Waals surface area contributed by atoms with Gasteiger partial charge in [-0.3, -0.25) is 31.1 Å². The van der Waals surface area contributed by atoms with Crippen LogP contribution < -0.4 is 16.2 Å². The zero-order valence-corrected chi connectivity index (χ0v) is 21.2. The Morgan fingerprint density at radius 2 is 1.21 bits per heavy atom. The Hall–Kier alpha value is -5.14. The van der Waals surface area contributed by atoms with Gasteiger partial charge in [0, 0.05) is 57.2 Å². The van der Waals surface area contributed by atoms with Crippen molar-refractivity contribution in [1.29, 1.82) is 0 Å². The van der Waals surface area contributed by atoms with Crippen LogP contribution in [-0.4, -0.2) is 32.2 Å². The van der Waals surface area contributed by atoms with Crippen LogP contribution in [0.5, 0.6) is 0 Å². The Balaban J connectivity index is 1.57. The predicted molar refractivity (Wildman–Crippen MR) is 150 cm³/mol. The molecule has 15 heteroatoms. The van der Waals surface area contributed by atoms with Gasteiger partial charge in [0.2, 0.25) is 5.95 Å². The van der Waals surface area contributed by atoms with Crippen LogP contribution in [0.25, 0.3) is 0 Å². The molecule has 0 aliphatic carbocycles. The lowest BCUT2D eigenvalue weighted by Crippen LogP contribution is -2.04. The summed E-state index contributed by atoms with van der Waals surface area (Å²) in [5.74, 6) is 0.681. The van der Waals surface area contributed by atoms with Crippen LogP contribution >= 0.6 is 23.2 Å². The second kappa shape index (κ2) is 12.4. The first kappa shape index (κ1) is 26.9. The van der Waals surface area contributed by atoms with Crippen molar-refractivity contribution in [1.82, 2.24) is 9.97 Å². The van der Waals surface area contributed by atoms with Crippen LogP contribution in [0, 0.1) is 20.2 Å². The van der Waals surface area contributed by atoms with Crippen LogP contribution in [0.3, 0.4) is 0 Å². The Kier molecular flexibility index (Phi) is 8.56. The third-order valence-electron chi connectivity index (χ3n) is 4.90. The van der Waals surface area contributed by atoms with Gasteiger partial charge < -0.3 is 5.32 Å². The van der Waals surface area contributed by atoms with Crippen molar-refractivity contribution in [2.45, 2.75) is 0 Å². The smallest absolute Gasteiger partial charge is 0.270 e. The summed E-state index contributed by atoms with van der Waals surface area (Å²) in [6.45, 7) is 0. The summed E-state index contributed by atoms with van der Waals surface area (Å²) in [7, 11) is 0. The first-order valence-corrected chi connectivity index (χ1v) is 11.7. The predicted octanol–water partition coefficient (Wildman–Crippen LogP) is 6.24. The van der Waals surface area contributed by atoms with E-state index in [2.05, 4.69) is 36.3 Å². The third-order valence-corrected chi connectivity index (χ3v) is 5.59. The third kappa shape index (κ3) is 7.44. The van der Waals surface area contributed by atoms with Crippen LogP contribution in [0.1, 0.15) is 11.1 Å². The maximum atomic E-state index is 11.0. The van der Waals surface area contributed by atoms with Gasteiger partial charge in [-0.1, -0.05) is 41.4 Å². The van der Waals surface area contributed by atoms with Gasteiger partial charge in [0.15, 0.2) is 11.6 Å². The molecular formula is C24H17Cl2N9O4. The van der Waals surface area contributed by atoms with Crippen molar-refractivity contribution in [2.24, 2.45) is 10.2 Å². The maximum Gasteiger partial charge on any atom is 0.270 e. The van der Waals surface area contributed by atoms with Crippen molar-refractivity contribution in [3.8, 4) is 0 Å². The first-order valence-electron chi connectivity index (χ1n) is 11.0. The minimum Gasteiger partial charge on any atom is -0.324 e. The normalized spacial score (nSPS) is 11.0. The van der Waals surface area contributed by atoms with E-state index in [1.165, 1.54) is 54.9 Å². The summed E-state index contributed by atoms with van der Waals surface area (Å²) in [4.78, 5) is 29.8. The average Bonchev–Trinajstić information content (AvgIpc) is 2.91. The van der Waals surface area contributed by atoms with E-state index in [-0.39, 0.29) is 39.0 Å². The van der Waals surface area contributed by atoms with Gasteiger partial charge in [0.1, 0.15) is 0 Å². The topological polar surface area (TPSA) is 173 Å². The molecule has 13 nitrogen and oxygen atoms in total. The highest BCUT2D eigenvalue weighted by molar-refractivity contribution is 6.33. The standard InChI is InChI=1S/C24H17Cl2N9O4/c25-20-8-6-18(34(36)37)10-15(20)13-27-32-22-12-23(31-24(30-22)29-17-4-2-1-3-5-17)33-28-14-16-11-19(35(38)39)7-9-21(16)26/h1-14H,(H3,29,30,31,32,33). The molecule has 1 heterocycles. The molecule has 0 bridgehead atoms. The van der Waals surface area contributed by atoms with E-state index in [0.717, 1.165) is 5.69 Å². The number of para-hydroxylation sites is 1. The number of hydrogen-bond acceptors (Lipinski definition) is 11. The number of nitro groups is 2. The van der Waals surface area contributed by atoms with Gasteiger partial charge in [-0.2, -0.15) is 20.2 Å². The number of hydrazone groups is 2. The van der Waals surface area contributed by atoms with Crippen molar-refractivity contribution in [2.75, 3.05) is 16.2 Å². The number of nitrogens with zero attached hydrogens (tertiary/aromatic N) is 6. The second-order valence-corrected chi connectivity index (χ2v) is 8.43. The van der Waals surface area contributed by atoms with Gasteiger partial charge in [0.25, 0.3) is 11.4 Å². The highest BCUT2D eigenvalue weighted by Crippen LogP contribution is 2.23. The van der Waals surface area contributed by atoms with E-state index in [4.69, 9.17) is 23.2 Å². The summed E-state index contributed by atoms with van der Waals surface area (Å²) < 4.78 is 0. The van der Waals surface area contributed by atoms with Crippen LogP contribution in [0.2, 0.25) is 10.0 Å². The van der Waals surface area contributed by atoms with E-state index in [1.807, 2.05) is 30.3 Å². The number of benzene rings is 3. The molecule has 0 saturated carbocycles. The second-order valence-electron chi connectivity index (χ2n) is 7.62. The molecule has 196 valence electrons. The Morgan fingerprint density at radius 3 is 1.67 bits per heavy atom. The van der Waals surface area contributed by atoms with Gasteiger partial charge in [-0.25, -0.2) is 0 Å². The molecule has 39 heavy (non-hydrogen) atoms. The molecule has 4 rings (SSSR count). The molecule has 0 aliphatic rings. The Bertz CT molecular complexity index is 1490. The molecule has 0 unspecified atom stereocenters. The number of rotatable bonds is 10. The largest absolute Gasteiger partial charge is 0.324 e. The highest BCUT2D eigenvalue weighted by atomic mass is 35.5. The van der Waals surface area contributed by atoms with E-state index < -0.39 is 9.85 Å². The number of nitro benzene ring substituents is 2. The van der Waals surface area contributed by atoms with Crippen molar-refractivity contribution in [3.63, 3.8) is 0 Å². The first-order chi connectivity index (χ1) is 18.8. The Morgan fingerprint density at radius 1 is 0.718 bits per heavy atom. The lowest BCUT2D eigenvalue weighted by molar-refractivity contribution is -0.385. The summed E-state index contributed by atoms with van der Waals surface area (Å²) in [6.07, 6.45) is 2.63. The highest BCUT2D eigenvalue weighted by Gasteiger charge is 2.10. The summed E-state index contributed by atoms with van der Waals surface area (Å²) in [6, 6.07) is 18.6. The lowest BCUT2D eigenvalue weighted by atomic mass is 10.2. The quantitative estimate of drug-likeness (QED) is 0.114. The number of anilines is 4. The van der Waals surface area contributed by atoms with Crippen molar-refractivity contribution >= 4 is 70.3 Å². The summed E-state index contributed by atoms with van der Waals surface area (Å²) in [5.41, 5.74) is 6.57.